The summed E-state index contributed by atoms with van der Waals surface area (Å²) in [4.78, 5) is 60.7. The standard InChI is InChI=1S/C89H66N2O4/c92-85-49-19-11-45(12-20-49)57-33-61-63-37-73-81(79-69-35-59-47-15-23-51(24-16-47)87(94)67(59)41-77(69)90(83(63)79)75(61)39-65(57)85)82-74(89(73)71-31-53(43-7-3-1-4-8-43)27-29-55(71)56-30-28-54(32-72(56)89)44-9-5-2-6-10-44)38-64-62-34-58-46-13-21-50(22-14-46)86(93)66(58)40-76(62)91-78-42-68-60(36-70(78)80(82)84(64)91)48-17-25-52(26-18-48)88(68)95/h1-10,27-42,45-52H,11-26H2. The zero-order valence-corrected chi connectivity index (χ0v) is 53.0. The van der Waals surface area contributed by atoms with Crippen LogP contribution in [0.15, 0.2) is 158 Å². The summed E-state index contributed by atoms with van der Waals surface area (Å²) in [6.07, 6.45) is 15.6. The summed E-state index contributed by atoms with van der Waals surface area (Å²) in [5.74, 6) is 2.55. The molecule has 4 heterocycles. The quantitative estimate of drug-likeness (QED) is 0.173. The Bertz CT molecular complexity index is 5610. The predicted molar refractivity (Wildman–Crippen MR) is 379 cm³/mol. The fourth-order valence-corrected chi connectivity index (χ4v) is 23.0. The highest BCUT2D eigenvalue weighted by Gasteiger charge is 2.55. The number of carbonyl (C=O) groups is 4. The fraction of sp³-hybridized carbons (Fsp3) is 0.281. The number of Topliss-reactive ketones (excluding diaryl/α,β-unsaturated/α-hetero) is 4. The molecule has 0 saturated heterocycles. The minimum absolute atomic E-state index is 0.0294. The summed E-state index contributed by atoms with van der Waals surface area (Å²) in [6.45, 7) is 0. The van der Waals surface area contributed by atoms with Crippen LogP contribution in [-0.2, 0) is 5.41 Å². The number of hydrogen-bond donors (Lipinski definition) is 0. The van der Waals surface area contributed by atoms with E-state index in [9.17, 15) is 0 Å². The van der Waals surface area contributed by atoms with Crippen LogP contribution in [0, 0.1) is 23.7 Å². The van der Waals surface area contributed by atoms with Gasteiger partial charge in [0.25, 0.3) is 0 Å². The SMILES string of the molecule is O=C1c2cc3c(cc2C2CCC1CC2)c1cc2c(c4c5cc6c(cc5n3c14)C(=O)C1CCC6CC1)-c1c(cc3c4cc5c(cc4n4c6cc7c(cc6c1c34)C1CCC(CC1)C7=O)C(=O)C1CCC5CC1)C21c2cc(-c3ccccc3)ccc2-c2ccc(-c3ccccc3)cc21. The first-order valence-corrected chi connectivity index (χ1v) is 36.1. The lowest BCUT2D eigenvalue weighted by molar-refractivity contribution is 0.0891. The molecule has 6 heteroatoms. The third-order valence-electron chi connectivity index (χ3n) is 27.4. The van der Waals surface area contributed by atoms with Crippen molar-refractivity contribution in [3.8, 4) is 44.5 Å². The van der Waals surface area contributed by atoms with Gasteiger partial charge in [-0.2, -0.15) is 0 Å². The molecule has 1 spiro atoms. The molecule has 0 unspecified atom stereocenters. The van der Waals surface area contributed by atoms with Crippen molar-refractivity contribution < 1.29 is 19.2 Å². The second-order valence-electron chi connectivity index (χ2n) is 31.3. The molecule has 14 aliphatic rings. The maximum absolute atomic E-state index is 15.2. The van der Waals surface area contributed by atoms with Crippen LogP contribution in [-0.4, -0.2) is 31.9 Å². The topological polar surface area (TPSA) is 77.1 Å². The number of fused-ring (bicyclic) bond motifs is 32. The number of aromatic nitrogens is 2. The van der Waals surface area contributed by atoms with Crippen molar-refractivity contribution in [2.24, 2.45) is 23.7 Å². The fourth-order valence-electron chi connectivity index (χ4n) is 23.0. The second-order valence-corrected chi connectivity index (χ2v) is 31.3. The van der Waals surface area contributed by atoms with E-state index in [4.69, 9.17) is 0 Å². The van der Waals surface area contributed by atoms with Crippen LogP contribution in [0.2, 0.25) is 0 Å². The van der Waals surface area contributed by atoms with Gasteiger partial charge in [-0.25, -0.2) is 0 Å². The van der Waals surface area contributed by atoms with Crippen LogP contribution in [0.3, 0.4) is 0 Å². The Labute approximate surface area is 548 Å². The van der Waals surface area contributed by atoms with Crippen LogP contribution >= 0.6 is 0 Å². The van der Waals surface area contributed by atoms with Gasteiger partial charge >= 0.3 is 0 Å². The Morgan fingerprint density at radius 1 is 0.263 bits per heavy atom. The maximum Gasteiger partial charge on any atom is 0.166 e. The summed E-state index contributed by atoms with van der Waals surface area (Å²) >= 11 is 0. The largest absolute Gasteiger partial charge is 0.308 e. The number of ketones is 4. The third-order valence-corrected chi connectivity index (χ3v) is 27.4. The van der Waals surface area contributed by atoms with E-state index >= 15 is 19.2 Å². The van der Waals surface area contributed by atoms with Gasteiger partial charge in [-0.3, -0.25) is 19.2 Å². The molecule has 95 heavy (non-hydrogen) atoms. The van der Waals surface area contributed by atoms with E-state index < -0.39 is 5.41 Å². The van der Waals surface area contributed by atoms with Gasteiger partial charge in [0.2, 0.25) is 0 Å². The van der Waals surface area contributed by atoms with Crippen LogP contribution in [0.4, 0.5) is 0 Å². The van der Waals surface area contributed by atoms with E-state index in [2.05, 4.69) is 167 Å². The number of benzene rings is 10. The van der Waals surface area contributed by atoms with Crippen molar-refractivity contribution in [2.75, 3.05) is 0 Å². The molecular weight excluding hydrogens is 1160 g/mol. The van der Waals surface area contributed by atoms with Crippen molar-refractivity contribution in [1.29, 1.82) is 0 Å². The van der Waals surface area contributed by atoms with Crippen molar-refractivity contribution in [3.05, 3.63) is 224 Å². The smallest absolute Gasteiger partial charge is 0.166 e. The molecule has 14 aliphatic carbocycles. The Hall–Kier alpha value is -9.52. The number of hydrogen-bond acceptors (Lipinski definition) is 4. The highest BCUT2D eigenvalue weighted by Crippen LogP contribution is 2.69. The van der Waals surface area contributed by atoms with E-state index in [0.29, 0.717) is 35.0 Å². The van der Waals surface area contributed by atoms with E-state index in [1.807, 2.05) is 0 Å². The lowest BCUT2D eigenvalue weighted by Gasteiger charge is -2.31. The molecule has 10 aromatic carbocycles. The lowest BCUT2D eigenvalue weighted by atomic mass is 9.69. The van der Waals surface area contributed by atoms with Gasteiger partial charge in [0.15, 0.2) is 23.1 Å². The van der Waals surface area contributed by atoms with Crippen LogP contribution in [0.25, 0.3) is 121 Å². The molecule has 0 amide bonds. The molecule has 0 atom stereocenters. The molecule has 456 valence electrons. The number of nitrogens with zero attached hydrogens (tertiary/aromatic N) is 2. The molecule has 14 aromatic rings. The lowest BCUT2D eigenvalue weighted by Crippen LogP contribution is -2.26. The first-order chi connectivity index (χ1) is 46.7. The summed E-state index contributed by atoms with van der Waals surface area (Å²) in [5, 5.41) is 9.53. The summed E-state index contributed by atoms with van der Waals surface area (Å²) in [5.41, 5.74) is 28.7. The first kappa shape index (κ1) is 51.8. The molecule has 6 nitrogen and oxygen atoms in total. The van der Waals surface area contributed by atoms with Crippen LogP contribution < -0.4 is 0 Å². The third kappa shape index (κ3) is 6.20. The Morgan fingerprint density at radius 3 is 0.905 bits per heavy atom. The van der Waals surface area contributed by atoms with Gasteiger partial charge in [-0.1, -0.05) is 84.9 Å². The molecule has 28 rings (SSSR count). The van der Waals surface area contributed by atoms with Crippen molar-refractivity contribution in [2.45, 2.75) is 132 Å². The van der Waals surface area contributed by atoms with Gasteiger partial charge in [0.1, 0.15) is 0 Å². The van der Waals surface area contributed by atoms with Gasteiger partial charge in [-0.15, -0.1) is 0 Å². The predicted octanol–water partition coefficient (Wildman–Crippen LogP) is 21.5. The molecule has 0 N–H and O–H groups in total. The van der Waals surface area contributed by atoms with Crippen molar-refractivity contribution in [3.63, 3.8) is 0 Å². The van der Waals surface area contributed by atoms with Crippen LogP contribution in [0.5, 0.6) is 0 Å². The Kier molecular flexibility index (Phi) is 9.65. The summed E-state index contributed by atoms with van der Waals surface area (Å²) < 4.78 is 5.06. The number of carbonyl (C=O) groups excluding carboxylic acids is 4. The maximum atomic E-state index is 15.2. The van der Waals surface area contributed by atoms with E-state index in [-0.39, 0.29) is 35.5 Å². The summed E-state index contributed by atoms with van der Waals surface area (Å²) in [6, 6.07) is 61.1. The molecule has 0 aliphatic heterocycles. The highest BCUT2D eigenvalue weighted by atomic mass is 16.1. The van der Waals surface area contributed by atoms with E-state index in [0.717, 1.165) is 158 Å². The zero-order valence-electron chi connectivity index (χ0n) is 53.0. The minimum atomic E-state index is -0.893. The zero-order chi connectivity index (χ0) is 61.9. The van der Waals surface area contributed by atoms with E-state index in [1.54, 1.807) is 0 Å². The van der Waals surface area contributed by atoms with Crippen molar-refractivity contribution in [1.82, 2.24) is 8.80 Å². The molecule has 8 bridgehead atoms. The minimum Gasteiger partial charge on any atom is -0.308 e. The monoisotopic (exact) mass is 1230 g/mol. The molecule has 4 saturated carbocycles. The molecule has 0 radical (unpaired) electrons. The highest BCUT2D eigenvalue weighted by molar-refractivity contribution is 6.36. The number of rotatable bonds is 2. The van der Waals surface area contributed by atoms with E-state index in [1.165, 1.54) is 132 Å². The molecular formula is C89H66N2O4. The normalized spacial score (nSPS) is 24.8. The second kappa shape index (κ2) is 17.7. The Balaban J connectivity index is 0.950. The van der Waals surface area contributed by atoms with Gasteiger partial charge < -0.3 is 8.80 Å². The van der Waals surface area contributed by atoms with Gasteiger partial charge in [0, 0.05) is 89.0 Å². The van der Waals surface area contributed by atoms with Crippen molar-refractivity contribution >= 4 is 99.3 Å². The average Bonchev–Trinajstić information content (AvgIpc) is 1.47. The average molecular weight is 1230 g/mol. The molecule has 4 fully saturated rings. The van der Waals surface area contributed by atoms with Crippen LogP contribution in [0.1, 0.15) is 212 Å². The van der Waals surface area contributed by atoms with Gasteiger partial charge in [-0.05, 0) is 288 Å². The Morgan fingerprint density at radius 2 is 0.568 bits per heavy atom. The molecule has 4 aromatic heterocycles. The summed E-state index contributed by atoms with van der Waals surface area (Å²) in [7, 11) is 0. The first-order valence-electron chi connectivity index (χ1n) is 36.1. The van der Waals surface area contributed by atoms with Gasteiger partial charge in [0.05, 0.1) is 38.5 Å².